The molecule has 5 amide bonds. The van der Waals surface area contributed by atoms with Crippen LogP contribution in [0, 0.1) is 0 Å². The lowest BCUT2D eigenvalue weighted by Gasteiger charge is -2.25. The number of nitrogens with zero attached hydrogens (tertiary/aromatic N) is 1. The number of amides is 5. The third-order valence-corrected chi connectivity index (χ3v) is 5.55. The first kappa shape index (κ1) is 33.3. The van der Waals surface area contributed by atoms with E-state index in [1.54, 1.807) is 30.3 Å². The van der Waals surface area contributed by atoms with Gasteiger partial charge in [-0.15, -0.1) is 0 Å². The summed E-state index contributed by atoms with van der Waals surface area (Å²) in [5, 5.41) is 16.8. The van der Waals surface area contributed by atoms with Crippen molar-refractivity contribution in [2.45, 2.75) is 62.7 Å². The van der Waals surface area contributed by atoms with Crippen molar-refractivity contribution < 1.29 is 33.9 Å². The molecule has 0 bridgehead atoms. The number of carbonyl (C=O) groups is 6. The molecule has 0 aromatic heterocycles. The van der Waals surface area contributed by atoms with Crippen molar-refractivity contribution in [3.8, 4) is 0 Å². The number of rotatable bonds is 18. The number of hydrogen-bond acceptors (Lipinski definition) is 8. The molecule has 1 aromatic carbocycles. The lowest BCUT2D eigenvalue weighted by Crippen LogP contribution is -2.58. The standard InChI is InChI=1S/C24H37N9O7/c25-14(12-19(27)35)20(36)33-17(11-13-5-2-1-3-6-13)22(38)31-15(8-9-18(26)34)21(37)32-16(23(39)40)7-4-10-30-24(28)29/h1-3,5-6,14-17H,4,7-12,25H2,(H2,26,34)(H2,27,35)(H,31,38)(H,32,37)(H,33,36)(H,39,40)(H4,28,29,30). The summed E-state index contributed by atoms with van der Waals surface area (Å²) in [6.45, 7) is 0.128. The quantitative estimate of drug-likeness (QED) is 0.0478. The number of primary amides is 2. The molecule has 16 heteroatoms. The van der Waals surface area contributed by atoms with Gasteiger partial charge < -0.3 is 49.7 Å². The molecule has 1 aromatic rings. The van der Waals surface area contributed by atoms with Crippen molar-refractivity contribution in [2.24, 2.45) is 33.7 Å². The number of nitrogens with one attached hydrogen (secondary N) is 3. The summed E-state index contributed by atoms with van der Waals surface area (Å²) in [6, 6.07) is 3.27. The summed E-state index contributed by atoms with van der Waals surface area (Å²) in [5.41, 5.74) is 27.1. The minimum Gasteiger partial charge on any atom is -0.480 e. The fourth-order valence-corrected chi connectivity index (χ4v) is 3.51. The molecule has 4 atom stereocenters. The van der Waals surface area contributed by atoms with Gasteiger partial charge in [0.1, 0.15) is 18.1 Å². The maximum absolute atomic E-state index is 13.3. The van der Waals surface area contributed by atoms with Crippen LogP contribution in [0.15, 0.2) is 35.3 Å². The van der Waals surface area contributed by atoms with Crippen LogP contribution in [0.2, 0.25) is 0 Å². The van der Waals surface area contributed by atoms with Gasteiger partial charge in [-0.3, -0.25) is 29.0 Å². The number of nitrogens with two attached hydrogens (primary N) is 5. The first-order valence-corrected chi connectivity index (χ1v) is 12.4. The van der Waals surface area contributed by atoms with E-state index in [-0.39, 0.29) is 44.6 Å². The van der Waals surface area contributed by atoms with Gasteiger partial charge in [0.2, 0.25) is 29.5 Å². The first-order valence-electron chi connectivity index (χ1n) is 12.4. The van der Waals surface area contributed by atoms with E-state index in [2.05, 4.69) is 20.9 Å². The zero-order chi connectivity index (χ0) is 30.2. The highest BCUT2D eigenvalue weighted by Crippen LogP contribution is 2.07. The Kier molecular flexibility index (Phi) is 14.1. The second-order valence-electron chi connectivity index (χ2n) is 8.94. The highest BCUT2D eigenvalue weighted by Gasteiger charge is 2.31. The maximum Gasteiger partial charge on any atom is 0.326 e. The Morgan fingerprint density at radius 1 is 0.775 bits per heavy atom. The largest absolute Gasteiger partial charge is 0.480 e. The van der Waals surface area contributed by atoms with Gasteiger partial charge in [0.15, 0.2) is 5.96 Å². The number of carboxylic acids is 1. The van der Waals surface area contributed by atoms with Crippen LogP contribution in [-0.4, -0.2) is 77.3 Å². The van der Waals surface area contributed by atoms with Gasteiger partial charge in [0.05, 0.1) is 12.5 Å². The van der Waals surface area contributed by atoms with Crippen molar-refractivity contribution in [2.75, 3.05) is 6.54 Å². The second-order valence-corrected chi connectivity index (χ2v) is 8.94. The Labute approximate surface area is 230 Å². The second kappa shape index (κ2) is 17.0. The van der Waals surface area contributed by atoms with Gasteiger partial charge in [-0.05, 0) is 24.8 Å². The molecule has 14 N–H and O–H groups in total. The molecule has 0 aliphatic carbocycles. The predicted octanol–water partition coefficient (Wildman–Crippen LogP) is -3.71. The van der Waals surface area contributed by atoms with E-state index >= 15 is 0 Å². The van der Waals surface area contributed by atoms with Gasteiger partial charge in [-0.25, -0.2) is 4.79 Å². The third kappa shape index (κ3) is 13.2. The van der Waals surface area contributed by atoms with E-state index in [0.717, 1.165) is 0 Å². The molecule has 0 fully saturated rings. The lowest BCUT2D eigenvalue weighted by molar-refractivity contribution is -0.142. The number of aliphatic carboxylic acids is 1. The van der Waals surface area contributed by atoms with Gasteiger partial charge >= 0.3 is 5.97 Å². The number of carboxylic acid groups (broad SMARTS) is 1. The number of hydrogen-bond donors (Lipinski definition) is 9. The van der Waals surface area contributed by atoms with Crippen LogP contribution in [0.5, 0.6) is 0 Å². The number of aliphatic imine (C=N–C) groups is 1. The van der Waals surface area contributed by atoms with Crippen molar-refractivity contribution in [3.05, 3.63) is 35.9 Å². The van der Waals surface area contributed by atoms with Crippen molar-refractivity contribution in [1.82, 2.24) is 16.0 Å². The third-order valence-electron chi connectivity index (χ3n) is 5.55. The fraction of sp³-hybridized carbons (Fsp3) is 0.458. The first-order chi connectivity index (χ1) is 18.8. The Morgan fingerprint density at radius 2 is 1.35 bits per heavy atom. The minimum absolute atomic E-state index is 0.0194. The summed E-state index contributed by atoms with van der Waals surface area (Å²) >= 11 is 0. The zero-order valence-electron chi connectivity index (χ0n) is 21.9. The van der Waals surface area contributed by atoms with Crippen LogP contribution >= 0.6 is 0 Å². The van der Waals surface area contributed by atoms with Crippen molar-refractivity contribution in [3.63, 3.8) is 0 Å². The molecule has 4 unspecified atom stereocenters. The average molecular weight is 564 g/mol. The minimum atomic E-state index is -1.38. The van der Waals surface area contributed by atoms with Crippen LogP contribution in [0.1, 0.15) is 37.7 Å². The van der Waals surface area contributed by atoms with Crippen molar-refractivity contribution >= 4 is 41.5 Å². The fourth-order valence-electron chi connectivity index (χ4n) is 3.51. The zero-order valence-corrected chi connectivity index (χ0v) is 21.9. The molecular formula is C24H37N9O7. The van der Waals surface area contributed by atoms with Crippen LogP contribution in [-0.2, 0) is 35.2 Å². The molecule has 16 nitrogen and oxygen atoms in total. The van der Waals surface area contributed by atoms with Gasteiger partial charge in [-0.1, -0.05) is 30.3 Å². The average Bonchev–Trinajstić information content (AvgIpc) is 2.87. The lowest BCUT2D eigenvalue weighted by atomic mass is 10.0. The molecule has 220 valence electrons. The molecule has 40 heavy (non-hydrogen) atoms. The molecular weight excluding hydrogens is 526 g/mol. The SMILES string of the molecule is NC(=O)CCC(NC(=O)C(Cc1ccccc1)NC(=O)C(N)CC(N)=O)C(=O)NC(CCCN=C(N)N)C(=O)O. The van der Waals surface area contributed by atoms with Crippen molar-refractivity contribution in [1.29, 1.82) is 0 Å². The smallest absolute Gasteiger partial charge is 0.326 e. The van der Waals surface area contributed by atoms with Gasteiger partial charge in [0, 0.05) is 19.4 Å². The summed E-state index contributed by atoms with van der Waals surface area (Å²) < 4.78 is 0. The van der Waals surface area contributed by atoms with E-state index < -0.39 is 66.1 Å². The Morgan fingerprint density at radius 3 is 1.90 bits per heavy atom. The summed E-state index contributed by atoms with van der Waals surface area (Å²) in [4.78, 5) is 76.8. The normalized spacial score (nSPS) is 13.5. The van der Waals surface area contributed by atoms with Crippen LogP contribution in [0.25, 0.3) is 0 Å². The Balaban J connectivity index is 3.10. The van der Waals surface area contributed by atoms with Crippen LogP contribution in [0.3, 0.4) is 0 Å². The monoisotopic (exact) mass is 563 g/mol. The van der Waals surface area contributed by atoms with Gasteiger partial charge in [0.25, 0.3) is 0 Å². The number of benzene rings is 1. The molecule has 0 aliphatic rings. The predicted molar refractivity (Wildman–Crippen MR) is 144 cm³/mol. The van der Waals surface area contributed by atoms with E-state index in [1.807, 2.05) is 0 Å². The van der Waals surface area contributed by atoms with Gasteiger partial charge in [-0.2, -0.15) is 0 Å². The highest BCUT2D eigenvalue weighted by atomic mass is 16.4. The Hall–Kier alpha value is -4.73. The summed E-state index contributed by atoms with van der Waals surface area (Å²) in [5.74, 6) is -5.63. The molecule has 0 aliphatic heterocycles. The molecule has 0 radical (unpaired) electrons. The van der Waals surface area contributed by atoms with E-state index in [0.29, 0.717) is 5.56 Å². The van der Waals surface area contributed by atoms with E-state index in [9.17, 15) is 33.9 Å². The number of carbonyl (C=O) groups excluding carboxylic acids is 5. The highest BCUT2D eigenvalue weighted by molar-refractivity contribution is 5.95. The molecule has 0 heterocycles. The van der Waals surface area contributed by atoms with E-state index in [1.165, 1.54) is 0 Å². The number of guanidine groups is 1. The van der Waals surface area contributed by atoms with Crippen LogP contribution < -0.4 is 44.6 Å². The molecule has 0 saturated heterocycles. The summed E-state index contributed by atoms with van der Waals surface area (Å²) in [6.07, 6.45) is -0.841. The summed E-state index contributed by atoms with van der Waals surface area (Å²) in [7, 11) is 0. The van der Waals surface area contributed by atoms with E-state index in [4.69, 9.17) is 28.7 Å². The van der Waals surface area contributed by atoms with Crippen LogP contribution in [0.4, 0.5) is 0 Å². The molecule has 0 saturated carbocycles. The Bertz CT molecular complexity index is 1080. The topological polar surface area (TPSA) is 301 Å². The molecule has 0 spiro atoms. The maximum atomic E-state index is 13.3. The molecule has 1 rings (SSSR count).